The highest BCUT2D eigenvalue weighted by atomic mass is 16.3. The molecule has 7 rings (SSSR count). The average Bonchev–Trinajstić information content (AvgIpc) is 3.56. The topological polar surface area (TPSA) is 50.9 Å². The van der Waals surface area contributed by atoms with Gasteiger partial charge in [0, 0.05) is 22.9 Å². The Kier molecular flexibility index (Phi) is 10.5. The van der Waals surface area contributed by atoms with Crippen molar-refractivity contribution in [3.63, 3.8) is 0 Å². The van der Waals surface area contributed by atoms with Crippen molar-refractivity contribution in [1.29, 1.82) is 0 Å². The molecular formula is C53H59N3O. The van der Waals surface area contributed by atoms with Crippen molar-refractivity contribution in [2.45, 2.75) is 112 Å². The van der Waals surface area contributed by atoms with Gasteiger partial charge in [0.25, 0.3) is 0 Å². The van der Waals surface area contributed by atoms with Gasteiger partial charge in [-0.25, -0.2) is 4.98 Å². The number of imidazole rings is 1. The summed E-state index contributed by atoms with van der Waals surface area (Å²) >= 11 is 0. The molecule has 0 atom stereocenters. The molecular weight excluding hydrogens is 695 g/mol. The van der Waals surface area contributed by atoms with Crippen LogP contribution in [0.5, 0.6) is 5.75 Å². The van der Waals surface area contributed by atoms with Crippen molar-refractivity contribution in [2.24, 2.45) is 0 Å². The molecule has 0 bridgehead atoms. The molecule has 0 aliphatic carbocycles. The highest BCUT2D eigenvalue weighted by Gasteiger charge is 2.30. The molecule has 1 N–H and O–H groups in total. The number of aromatic nitrogens is 3. The van der Waals surface area contributed by atoms with Gasteiger partial charge in [0.05, 0.1) is 28.0 Å². The average molecular weight is 754 g/mol. The normalized spacial score (nSPS) is 12.4. The van der Waals surface area contributed by atoms with E-state index in [9.17, 15) is 5.11 Å². The maximum absolute atomic E-state index is 12.5. The quantitative estimate of drug-likeness (QED) is 0.168. The van der Waals surface area contributed by atoms with Gasteiger partial charge in [0.1, 0.15) is 11.6 Å². The van der Waals surface area contributed by atoms with E-state index in [0.717, 1.165) is 61.6 Å². The highest BCUT2D eigenvalue weighted by Crippen LogP contribution is 2.47. The Labute approximate surface area is 340 Å². The molecule has 2 aromatic heterocycles. The lowest BCUT2D eigenvalue weighted by atomic mass is 9.78. The number of phenolic OH excluding ortho intramolecular Hbond substituents is 1. The zero-order chi connectivity index (χ0) is 41.0. The largest absolute Gasteiger partial charge is 0.507 e. The van der Waals surface area contributed by atoms with E-state index in [4.69, 9.17) is 9.97 Å². The predicted molar refractivity (Wildman–Crippen MR) is 242 cm³/mol. The summed E-state index contributed by atoms with van der Waals surface area (Å²) in [7, 11) is 0. The van der Waals surface area contributed by atoms with E-state index >= 15 is 0 Å². The number of pyridine rings is 1. The van der Waals surface area contributed by atoms with Gasteiger partial charge in [-0.2, -0.15) is 0 Å². The minimum absolute atomic E-state index is 0.160. The van der Waals surface area contributed by atoms with Crippen LogP contribution in [-0.4, -0.2) is 19.6 Å². The fraction of sp³-hybridized carbons (Fsp3) is 0.321. The maximum atomic E-state index is 12.5. The second-order valence-corrected chi connectivity index (χ2v) is 18.8. The Hall–Kier alpha value is -5.48. The zero-order valence-corrected chi connectivity index (χ0v) is 36.0. The van der Waals surface area contributed by atoms with Crippen LogP contribution >= 0.6 is 0 Å². The van der Waals surface area contributed by atoms with Gasteiger partial charge < -0.3 is 5.11 Å². The van der Waals surface area contributed by atoms with E-state index in [2.05, 4.69) is 185 Å². The Morgan fingerprint density at radius 1 is 0.561 bits per heavy atom. The van der Waals surface area contributed by atoms with Crippen molar-refractivity contribution in [3.8, 4) is 56.3 Å². The van der Waals surface area contributed by atoms with Crippen LogP contribution in [0.25, 0.3) is 61.6 Å². The van der Waals surface area contributed by atoms with Gasteiger partial charge in [-0.15, -0.1) is 0 Å². The first-order valence-electron chi connectivity index (χ1n) is 20.6. The third kappa shape index (κ3) is 7.67. The van der Waals surface area contributed by atoms with Crippen LogP contribution in [0, 0.1) is 0 Å². The molecule has 0 spiro atoms. The third-order valence-corrected chi connectivity index (χ3v) is 11.3. The van der Waals surface area contributed by atoms with E-state index < -0.39 is 0 Å². The molecule has 0 saturated heterocycles. The van der Waals surface area contributed by atoms with E-state index in [1.54, 1.807) is 0 Å². The molecule has 7 aromatic rings. The molecule has 57 heavy (non-hydrogen) atoms. The molecule has 0 aliphatic heterocycles. The SMILES string of the molecule is CC(C)c1cc(-c2ccccn2)cc(-c2cccc3c2nc(-c2cc(C(C)(C)C)cc(C(C)(C)C)c2O)n3-c2c(C(C)C)cc(-c3ccccc3)cc2C(C)C)c1. The van der Waals surface area contributed by atoms with Crippen LogP contribution in [0.3, 0.4) is 0 Å². The predicted octanol–water partition coefficient (Wildman–Crippen LogP) is 14.8. The van der Waals surface area contributed by atoms with Crippen molar-refractivity contribution >= 4 is 11.0 Å². The molecule has 4 heteroatoms. The lowest BCUT2D eigenvalue weighted by molar-refractivity contribution is 0.446. The number of fused-ring (bicyclic) bond motifs is 1. The molecule has 0 fully saturated rings. The number of benzene rings is 5. The number of para-hydroxylation sites is 1. The van der Waals surface area contributed by atoms with Crippen LogP contribution in [0.15, 0.2) is 115 Å². The zero-order valence-electron chi connectivity index (χ0n) is 36.0. The molecule has 0 amide bonds. The van der Waals surface area contributed by atoms with Crippen molar-refractivity contribution in [1.82, 2.24) is 14.5 Å². The van der Waals surface area contributed by atoms with E-state index in [1.807, 2.05) is 18.3 Å². The summed E-state index contributed by atoms with van der Waals surface area (Å²) in [5, 5.41) is 12.5. The fourth-order valence-electron chi connectivity index (χ4n) is 7.99. The van der Waals surface area contributed by atoms with Gasteiger partial charge >= 0.3 is 0 Å². The Morgan fingerprint density at radius 2 is 1.21 bits per heavy atom. The maximum Gasteiger partial charge on any atom is 0.149 e. The lowest BCUT2D eigenvalue weighted by Gasteiger charge is -2.28. The number of aromatic hydroxyl groups is 1. The summed E-state index contributed by atoms with van der Waals surface area (Å²) in [4.78, 5) is 10.4. The summed E-state index contributed by atoms with van der Waals surface area (Å²) < 4.78 is 2.37. The first kappa shape index (κ1) is 39.7. The Balaban J connectivity index is 1.65. The summed E-state index contributed by atoms with van der Waals surface area (Å²) in [6.07, 6.45) is 1.86. The summed E-state index contributed by atoms with van der Waals surface area (Å²) in [6, 6.07) is 39.3. The van der Waals surface area contributed by atoms with Gasteiger partial charge in [0.15, 0.2) is 0 Å². The number of rotatable bonds is 8. The molecule has 4 nitrogen and oxygen atoms in total. The van der Waals surface area contributed by atoms with E-state index in [1.165, 1.54) is 27.8 Å². The molecule has 0 unspecified atom stereocenters. The Bertz CT molecular complexity index is 2530. The first-order chi connectivity index (χ1) is 26.9. The molecule has 0 aliphatic rings. The molecule has 2 heterocycles. The van der Waals surface area contributed by atoms with Gasteiger partial charge in [-0.05, 0) is 116 Å². The number of phenols is 1. The first-order valence-corrected chi connectivity index (χ1v) is 20.6. The van der Waals surface area contributed by atoms with E-state index in [0.29, 0.717) is 5.92 Å². The van der Waals surface area contributed by atoms with E-state index in [-0.39, 0.29) is 28.4 Å². The lowest BCUT2D eigenvalue weighted by Crippen LogP contribution is -2.17. The summed E-state index contributed by atoms with van der Waals surface area (Å²) in [5.74, 6) is 1.76. The second-order valence-electron chi connectivity index (χ2n) is 18.8. The highest BCUT2D eigenvalue weighted by molar-refractivity contribution is 5.97. The van der Waals surface area contributed by atoms with Crippen molar-refractivity contribution in [3.05, 3.63) is 143 Å². The summed E-state index contributed by atoms with van der Waals surface area (Å²) in [5.41, 5.74) is 15.7. The van der Waals surface area contributed by atoms with Crippen LogP contribution in [0.1, 0.15) is 129 Å². The van der Waals surface area contributed by atoms with Crippen molar-refractivity contribution < 1.29 is 5.11 Å². The number of nitrogens with zero attached hydrogens (tertiary/aromatic N) is 3. The molecule has 0 radical (unpaired) electrons. The van der Waals surface area contributed by atoms with Gasteiger partial charge in [0.2, 0.25) is 0 Å². The fourth-order valence-corrected chi connectivity index (χ4v) is 7.99. The molecule has 5 aromatic carbocycles. The standard InChI is InChI=1S/C53H59N3O/c1-32(2)36-25-38(27-39(26-36)46-22-16-17-24-54-46)41-21-18-23-47-48(41)55-51(44-30-40(52(7,8)9)31-45(50(44)57)53(10,11)12)56(47)49-42(33(3)4)28-37(29-43(49)34(5)6)35-19-14-13-15-20-35/h13-34,57H,1-12H3. The molecule has 0 saturated carbocycles. The Morgan fingerprint density at radius 3 is 1.79 bits per heavy atom. The monoisotopic (exact) mass is 753 g/mol. The van der Waals surface area contributed by atoms with Crippen LogP contribution in [0.2, 0.25) is 0 Å². The van der Waals surface area contributed by atoms with Crippen LogP contribution < -0.4 is 0 Å². The third-order valence-electron chi connectivity index (χ3n) is 11.3. The number of hydrogen-bond donors (Lipinski definition) is 1. The van der Waals surface area contributed by atoms with Crippen molar-refractivity contribution in [2.75, 3.05) is 0 Å². The van der Waals surface area contributed by atoms with Gasteiger partial charge in [-0.1, -0.05) is 144 Å². The minimum Gasteiger partial charge on any atom is -0.507 e. The second kappa shape index (κ2) is 15.1. The minimum atomic E-state index is -0.301. The summed E-state index contributed by atoms with van der Waals surface area (Å²) in [6.45, 7) is 26.9. The molecule has 292 valence electrons. The number of hydrogen-bond acceptors (Lipinski definition) is 3. The van der Waals surface area contributed by atoms with Crippen LogP contribution in [0.4, 0.5) is 0 Å². The smallest absolute Gasteiger partial charge is 0.149 e. The van der Waals surface area contributed by atoms with Gasteiger partial charge in [-0.3, -0.25) is 9.55 Å². The van der Waals surface area contributed by atoms with Crippen LogP contribution in [-0.2, 0) is 10.8 Å².